The Kier molecular flexibility index (Phi) is 4.19. The molecule has 7 nitrogen and oxygen atoms in total. The molecule has 0 atom stereocenters. The number of para-hydroxylation sites is 1. The first-order valence-corrected chi connectivity index (χ1v) is 8.85. The third kappa shape index (κ3) is 2.89. The van der Waals surface area contributed by atoms with Crippen LogP contribution in [0.3, 0.4) is 0 Å². The molecular weight excluding hydrogens is 338 g/mol. The molecule has 0 bridgehead atoms. The Balaban J connectivity index is 1.61. The number of carbonyl (C=O) groups excluding carboxylic acids is 1. The second-order valence-electron chi connectivity index (χ2n) is 5.74. The summed E-state index contributed by atoms with van der Waals surface area (Å²) in [6.45, 7) is 1.92. The number of amides is 1. The van der Waals surface area contributed by atoms with Crippen LogP contribution in [0, 0.1) is 0 Å². The molecule has 1 amide bonds. The van der Waals surface area contributed by atoms with Gasteiger partial charge in [-0.05, 0) is 23.7 Å². The van der Waals surface area contributed by atoms with Gasteiger partial charge in [0.05, 0.1) is 19.0 Å². The second-order valence-corrected chi connectivity index (χ2v) is 6.35. The molecule has 8 heteroatoms. The summed E-state index contributed by atoms with van der Waals surface area (Å²) in [7, 11) is 1.67. The van der Waals surface area contributed by atoms with E-state index in [2.05, 4.69) is 19.1 Å². The van der Waals surface area contributed by atoms with Crippen LogP contribution in [0.15, 0.2) is 35.8 Å². The number of nitrogens with zero attached hydrogens (tertiary/aromatic N) is 5. The Morgan fingerprint density at radius 2 is 2.12 bits per heavy atom. The number of fused-ring (bicyclic) bond motifs is 1. The van der Waals surface area contributed by atoms with E-state index in [-0.39, 0.29) is 5.91 Å². The maximum atomic E-state index is 12.5. The summed E-state index contributed by atoms with van der Waals surface area (Å²) in [6.07, 6.45) is 2.59. The second kappa shape index (κ2) is 6.64. The lowest BCUT2D eigenvalue weighted by atomic mass is 10.1. The normalized spacial score (nSPS) is 14.0. The fourth-order valence-corrected chi connectivity index (χ4v) is 3.55. The Labute approximate surface area is 149 Å². The summed E-state index contributed by atoms with van der Waals surface area (Å²) >= 11 is 1.19. The zero-order valence-corrected chi connectivity index (χ0v) is 14.6. The van der Waals surface area contributed by atoms with E-state index in [1.165, 1.54) is 11.5 Å². The van der Waals surface area contributed by atoms with Crippen molar-refractivity contribution in [3.8, 4) is 17.0 Å². The summed E-state index contributed by atoms with van der Waals surface area (Å²) in [6, 6.07) is 7.90. The van der Waals surface area contributed by atoms with Crippen molar-refractivity contribution in [3.05, 3.63) is 47.4 Å². The summed E-state index contributed by atoms with van der Waals surface area (Å²) in [5, 5.41) is 5.57. The lowest BCUT2D eigenvalue weighted by molar-refractivity contribution is 0.0753. The number of hydrogen-bond acceptors (Lipinski definition) is 6. The quantitative estimate of drug-likeness (QED) is 0.719. The van der Waals surface area contributed by atoms with Gasteiger partial charge < -0.3 is 14.2 Å². The molecule has 2 aromatic heterocycles. The van der Waals surface area contributed by atoms with Crippen molar-refractivity contribution in [3.63, 3.8) is 0 Å². The molecule has 0 aliphatic carbocycles. The predicted molar refractivity (Wildman–Crippen MR) is 93.7 cm³/mol. The van der Waals surface area contributed by atoms with Crippen LogP contribution in [0.2, 0.25) is 0 Å². The van der Waals surface area contributed by atoms with Crippen LogP contribution in [0.4, 0.5) is 0 Å². The highest BCUT2D eigenvalue weighted by Crippen LogP contribution is 2.31. The minimum atomic E-state index is -0.0710. The molecule has 1 aliphatic heterocycles. The molecule has 0 spiro atoms. The zero-order chi connectivity index (χ0) is 17.2. The van der Waals surface area contributed by atoms with Crippen LogP contribution in [0.1, 0.15) is 16.3 Å². The SMILES string of the molecule is COc1ccccc1-c1cnc2n1CCN(C(=O)c1csnn1)CC2. The molecular formula is C17H17N5O2S. The zero-order valence-electron chi connectivity index (χ0n) is 13.8. The van der Waals surface area contributed by atoms with Crippen molar-refractivity contribution in [2.45, 2.75) is 13.0 Å². The molecule has 0 fully saturated rings. The van der Waals surface area contributed by atoms with Gasteiger partial charge in [-0.1, -0.05) is 16.6 Å². The smallest absolute Gasteiger partial charge is 0.275 e. The lowest BCUT2D eigenvalue weighted by Gasteiger charge is -2.18. The number of rotatable bonds is 3. The number of ether oxygens (including phenoxy) is 1. The standard InChI is InChI=1S/C17H17N5O2S/c1-24-15-5-3-2-4-12(15)14-10-18-16-6-7-21(8-9-22(14)16)17(23)13-11-25-20-19-13/h2-5,10-11H,6-9H2,1H3. The van der Waals surface area contributed by atoms with Gasteiger partial charge in [0.25, 0.3) is 5.91 Å². The highest BCUT2D eigenvalue weighted by atomic mass is 32.1. The molecule has 1 aliphatic rings. The van der Waals surface area contributed by atoms with Gasteiger partial charge in [-0.25, -0.2) is 4.98 Å². The predicted octanol–water partition coefficient (Wildman–Crippen LogP) is 2.11. The summed E-state index contributed by atoms with van der Waals surface area (Å²) < 4.78 is 11.4. The molecule has 0 unspecified atom stereocenters. The lowest BCUT2D eigenvalue weighted by Crippen LogP contribution is -2.33. The van der Waals surface area contributed by atoms with Gasteiger partial charge in [0.2, 0.25) is 0 Å². The van der Waals surface area contributed by atoms with Crippen LogP contribution < -0.4 is 4.74 Å². The van der Waals surface area contributed by atoms with E-state index in [0.717, 1.165) is 22.8 Å². The first kappa shape index (κ1) is 15.8. The number of methoxy groups -OCH3 is 1. The highest BCUT2D eigenvalue weighted by molar-refractivity contribution is 7.03. The Bertz CT molecular complexity index is 890. The van der Waals surface area contributed by atoms with Crippen molar-refractivity contribution < 1.29 is 9.53 Å². The Morgan fingerprint density at radius 3 is 2.92 bits per heavy atom. The average Bonchev–Trinajstić information content (AvgIpc) is 3.27. The monoisotopic (exact) mass is 355 g/mol. The topological polar surface area (TPSA) is 73.1 Å². The van der Waals surface area contributed by atoms with Crippen LogP contribution in [-0.4, -0.2) is 50.1 Å². The average molecular weight is 355 g/mol. The molecule has 0 saturated heterocycles. The number of imidazole rings is 1. The molecule has 0 radical (unpaired) electrons. The maximum absolute atomic E-state index is 12.5. The van der Waals surface area contributed by atoms with Gasteiger partial charge in [0.1, 0.15) is 11.6 Å². The summed E-state index contributed by atoms with van der Waals surface area (Å²) in [4.78, 5) is 18.9. The third-order valence-electron chi connectivity index (χ3n) is 4.39. The Morgan fingerprint density at radius 1 is 1.24 bits per heavy atom. The molecule has 0 N–H and O–H groups in total. The van der Waals surface area contributed by atoms with Crippen molar-refractivity contribution in [1.82, 2.24) is 24.0 Å². The molecule has 128 valence electrons. The molecule has 25 heavy (non-hydrogen) atoms. The van der Waals surface area contributed by atoms with E-state index in [0.29, 0.717) is 31.7 Å². The maximum Gasteiger partial charge on any atom is 0.275 e. The first-order chi connectivity index (χ1) is 12.3. The van der Waals surface area contributed by atoms with E-state index in [4.69, 9.17) is 4.74 Å². The molecule has 3 aromatic rings. The minimum Gasteiger partial charge on any atom is -0.496 e. The number of benzene rings is 1. The molecule has 1 aromatic carbocycles. The summed E-state index contributed by atoms with van der Waals surface area (Å²) in [5.41, 5.74) is 2.43. The van der Waals surface area contributed by atoms with Crippen LogP contribution >= 0.6 is 11.5 Å². The van der Waals surface area contributed by atoms with Crippen molar-refractivity contribution in [2.75, 3.05) is 20.2 Å². The molecule has 4 rings (SSSR count). The largest absolute Gasteiger partial charge is 0.496 e. The van der Waals surface area contributed by atoms with E-state index in [1.54, 1.807) is 12.5 Å². The fourth-order valence-electron chi connectivity index (χ4n) is 3.12. The Hall–Kier alpha value is -2.74. The van der Waals surface area contributed by atoms with Gasteiger partial charge in [-0.3, -0.25) is 4.79 Å². The van der Waals surface area contributed by atoms with Crippen LogP contribution in [-0.2, 0) is 13.0 Å². The van der Waals surface area contributed by atoms with Crippen LogP contribution in [0.25, 0.3) is 11.3 Å². The van der Waals surface area contributed by atoms with E-state index in [9.17, 15) is 4.79 Å². The molecule has 0 saturated carbocycles. The van der Waals surface area contributed by atoms with Crippen molar-refractivity contribution in [1.29, 1.82) is 0 Å². The fraction of sp³-hybridized carbons (Fsp3) is 0.294. The minimum absolute atomic E-state index is 0.0710. The number of aromatic nitrogens is 4. The van der Waals surface area contributed by atoms with Crippen molar-refractivity contribution >= 4 is 17.4 Å². The number of hydrogen-bond donors (Lipinski definition) is 0. The van der Waals surface area contributed by atoms with Gasteiger partial charge in [-0.2, -0.15) is 0 Å². The van der Waals surface area contributed by atoms with E-state index in [1.807, 2.05) is 35.4 Å². The molecule has 3 heterocycles. The van der Waals surface area contributed by atoms with E-state index >= 15 is 0 Å². The van der Waals surface area contributed by atoms with Gasteiger partial charge >= 0.3 is 0 Å². The van der Waals surface area contributed by atoms with Gasteiger partial charge in [0, 0.05) is 37.0 Å². The van der Waals surface area contributed by atoms with Crippen molar-refractivity contribution in [2.24, 2.45) is 0 Å². The first-order valence-electron chi connectivity index (χ1n) is 8.02. The highest BCUT2D eigenvalue weighted by Gasteiger charge is 2.24. The van der Waals surface area contributed by atoms with Gasteiger partial charge in [-0.15, -0.1) is 5.10 Å². The van der Waals surface area contributed by atoms with Gasteiger partial charge in [0.15, 0.2) is 5.69 Å². The number of carbonyl (C=O) groups is 1. The van der Waals surface area contributed by atoms with E-state index < -0.39 is 0 Å². The van der Waals surface area contributed by atoms with Crippen LogP contribution in [0.5, 0.6) is 5.75 Å². The third-order valence-corrected chi connectivity index (χ3v) is 4.89. The summed E-state index contributed by atoms with van der Waals surface area (Å²) in [5.74, 6) is 1.72.